The van der Waals surface area contributed by atoms with Gasteiger partial charge >= 0.3 is 99.7 Å². The van der Waals surface area contributed by atoms with Gasteiger partial charge in [0.15, 0.2) is 0 Å². The van der Waals surface area contributed by atoms with Crippen molar-refractivity contribution >= 4 is 23.9 Å². The summed E-state index contributed by atoms with van der Waals surface area (Å²) in [5.41, 5.74) is 0. The van der Waals surface area contributed by atoms with Crippen LogP contribution in [-0.2, 0) is 4.57 Å². The molecule has 94 valence electrons. The average Bonchev–Trinajstić information content (AvgIpc) is 2.28. The first-order valence-corrected chi connectivity index (χ1v) is 9.01. The zero-order valence-electron chi connectivity index (χ0n) is 11.0. The SMILES string of the molecule is CCCCC[CH2][Al+][CH2]CCCCC.O=PO. The fraction of sp³-hybridized carbons (Fsp3) is 1.00. The maximum atomic E-state index is 8.46. The van der Waals surface area contributed by atoms with Gasteiger partial charge in [0, 0.05) is 0 Å². The predicted octanol–water partition coefficient (Wildman–Crippen LogP) is 4.87. The Morgan fingerprint density at radius 2 is 1.25 bits per heavy atom. The van der Waals surface area contributed by atoms with Gasteiger partial charge in [-0.05, 0) is 0 Å². The molecule has 0 saturated heterocycles. The zero-order chi connectivity index (χ0) is 12.5. The van der Waals surface area contributed by atoms with Crippen molar-refractivity contribution in [2.75, 3.05) is 0 Å². The van der Waals surface area contributed by atoms with Gasteiger partial charge in [0.25, 0.3) is 0 Å². The molecule has 16 heavy (non-hydrogen) atoms. The summed E-state index contributed by atoms with van der Waals surface area (Å²) in [5, 5.41) is 3.12. The zero-order valence-corrected chi connectivity index (χ0v) is 13.0. The van der Waals surface area contributed by atoms with E-state index in [1.54, 1.807) is 10.6 Å². The summed E-state index contributed by atoms with van der Waals surface area (Å²) < 4.78 is 8.46. The molecule has 2 nitrogen and oxygen atoms in total. The van der Waals surface area contributed by atoms with E-state index >= 15 is 0 Å². The van der Waals surface area contributed by atoms with Crippen molar-refractivity contribution in [1.82, 2.24) is 0 Å². The molecule has 0 spiro atoms. The Labute approximate surface area is 109 Å². The Morgan fingerprint density at radius 1 is 0.875 bits per heavy atom. The Morgan fingerprint density at radius 3 is 1.56 bits per heavy atom. The van der Waals surface area contributed by atoms with Crippen LogP contribution in [0.25, 0.3) is 0 Å². The third kappa shape index (κ3) is 24.0. The molecule has 0 amide bonds. The quantitative estimate of drug-likeness (QED) is 0.346. The second-order valence-electron chi connectivity index (χ2n) is 4.07. The third-order valence-corrected chi connectivity index (χ3v) is 4.16. The van der Waals surface area contributed by atoms with E-state index in [1.165, 1.54) is 51.4 Å². The molecule has 0 unspecified atom stereocenters. The van der Waals surface area contributed by atoms with E-state index in [2.05, 4.69) is 13.8 Å². The van der Waals surface area contributed by atoms with E-state index < -0.39 is 8.69 Å². The summed E-state index contributed by atoms with van der Waals surface area (Å²) in [6.07, 6.45) is 11.7. The number of hydrogen-bond acceptors (Lipinski definition) is 1. The van der Waals surface area contributed by atoms with Crippen molar-refractivity contribution < 1.29 is 9.46 Å². The molecular formula is C12H27AlO2P+. The van der Waals surface area contributed by atoms with E-state index in [9.17, 15) is 0 Å². The minimum atomic E-state index is -0.833. The Kier molecular flexibility index (Phi) is 24.8. The van der Waals surface area contributed by atoms with Crippen LogP contribution in [0.3, 0.4) is 0 Å². The standard InChI is InChI=1S/2C6H13.Al.HO2P/c2*1-3-5-6-4-2;;1-3-2/h2*1,3-6H2,2H3;;(H,1,2)/q;;+1;. The Balaban J connectivity index is 0. The first kappa shape index (κ1) is 18.9. The van der Waals surface area contributed by atoms with Crippen LogP contribution in [0.4, 0.5) is 0 Å². The smallest absolute Gasteiger partial charge is 0.310 e. The van der Waals surface area contributed by atoms with Crippen molar-refractivity contribution in [3.8, 4) is 0 Å². The van der Waals surface area contributed by atoms with Gasteiger partial charge in [-0.25, -0.2) is 4.57 Å². The minimum absolute atomic E-state index is 0.805. The van der Waals surface area contributed by atoms with E-state index in [1.807, 2.05) is 0 Å². The van der Waals surface area contributed by atoms with Crippen LogP contribution >= 0.6 is 8.69 Å². The topological polar surface area (TPSA) is 37.3 Å². The van der Waals surface area contributed by atoms with Crippen molar-refractivity contribution in [2.45, 2.75) is 75.8 Å². The van der Waals surface area contributed by atoms with Crippen LogP contribution in [0.2, 0.25) is 10.6 Å². The molecule has 0 saturated carbocycles. The van der Waals surface area contributed by atoms with Crippen molar-refractivity contribution in [2.24, 2.45) is 0 Å². The second-order valence-corrected chi connectivity index (χ2v) is 5.96. The summed E-state index contributed by atoms with van der Waals surface area (Å²) in [6, 6.07) is 0. The van der Waals surface area contributed by atoms with Gasteiger partial charge < -0.3 is 4.89 Å². The summed E-state index contributed by atoms with van der Waals surface area (Å²) in [4.78, 5) is 6.99. The van der Waals surface area contributed by atoms with Gasteiger partial charge in [-0.1, -0.05) is 0 Å². The largest absolute Gasteiger partial charge is 0.324 e. The van der Waals surface area contributed by atoms with E-state index in [0.717, 1.165) is 15.2 Å². The normalized spacial score (nSPS) is 9.44. The third-order valence-electron chi connectivity index (χ3n) is 2.52. The van der Waals surface area contributed by atoms with E-state index in [4.69, 9.17) is 9.46 Å². The van der Waals surface area contributed by atoms with Crippen molar-refractivity contribution in [3.05, 3.63) is 0 Å². The first-order chi connectivity index (χ1) is 7.83. The first-order valence-electron chi connectivity index (χ1n) is 6.61. The molecule has 1 N–H and O–H groups in total. The number of hydrogen-bond donors (Lipinski definition) is 1. The van der Waals surface area contributed by atoms with Crippen LogP contribution in [-0.4, -0.2) is 20.1 Å². The van der Waals surface area contributed by atoms with E-state index in [0.29, 0.717) is 0 Å². The predicted molar refractivity (Wildman–Crippen MR) is 73.5 cm³/mol. The van der Waals surface area contributed by atoms with Gasteiger partial charge in [0.1, 0.15) is 0 Å². The van der Waals surface area contributed by atoms with Gasteiger partial charge in [-0.3, -0.25) is 0 Å². The van der Waals surface area contributed by atoms with Crippen molar-refractivity contribution in [1.29, 1.82) is 0 Å². The monoisotopic (exact) mass is 261 g/mol. The molecule has 0 aliphatic carbocycles. The van der Waals surface area contributed by atoms with Gasteiger partial charge in [0.2, 0.25) is 0 Å². The molecule has 0 atom stereocenters. The Hall–Kier alpha value is 0.592. The maximum Gasteiger partial charge on any atom is 0.324 e. The maximum absolute atomic E-state index is 8.46. The molecule has 0 bridgehead atoms. The van der Waals surface area contributed by atoms with Gasteiger partial charge in [-0.15, -0.1) is 0 Å². The average molecular weight is 261 g/mol. The molecule has 0 rings (SSSR count). The molecule has 0 aliphatic rings. The Bertz CT molecular complexity index is 114. The molecule has 0 aromatic heterocycles. The van der Waals surface area contributed by atoms with Crippen LogP contribution in [0, 0.1) is 0 Å². The fourth-order valence-corrected chi connectivity index (χ4v) is 3.02. The second kappa shape index (κ2) is 20.9. The molecule has 0 fully saturated rings. The van der Waals surface area contributed by atoms with Crippen molar-refractivity contribution in [3.63, 3.8) is 0 Å². The molecule has 0 radical (unpaired) electrons. The minimum Gasteiger partial charge on any atom is -0.310 e. The van der Waals surface area contributed by atoms with E-state index in [-0.39, 0.29) is 0 Å². The number of rotatable bonds is 10. The molecule has 0 aliphatic heterocycles. The summed E-state index contributed by atoms with van der Waals surface area (Å²) in [6.45, 7) is 4.58. The fourth-order valence-electron chi connectivity index (χ4n) is 1.58. The van der Waals surface area contributed by atoms with Gasteiger partial charge in [0.05, 0.1) is 0 Å². The molecule has 0 heterocycles. The van der Waals surface area contributed by atoms with Gasteiger partial charge in [-0.2, -0.15) is 0 Å². The molecule has 0 aromatic rings. The van der Waals surface area contributed by atoms with Crippen LogP contribution in [0.1, 0.15) is 65.2 Å². The summed E-state index contributed by atoms with van der Waals surface area (Å²) in [7, 11) is -0.833. The summed E-state index contributed by atoms with van der Waals surface area (Å²) >= 11 is 0.805. The van der Waals surface area contributed by atoms with Crippen LogP contribution < -0.4 is 0 Å². The van der Waals surface area contributed by atoms with Crippen LogP contribution in [0.5, 0.6) is 0 Å². The molecular weight excluding hydrogens is 234 g/mol. The summed E-state index contributed by atoms with van der Waals surface area (Å²) in [5.74, 6) is 0. The number of unbranched alkanes of at least 4 members (excludes halogenated alkanes) is 6. The van der Waals surface area contributed by atoms with Crippen LogP contribution in [0.15, 0.2) is 0 Å². The molecule has 0 aromatic carbocycles. The molecule has 4 heteroatoms.